The van der Waals surface area contributed by atoms with Gasteiger partial charge in [0.2, 0.25) is 0 Å². The molecule has 0 N–H and O–H groups in total. The lowest BCUT2D eigenvalue weighted by Gasteiger charge is -2.17. The summed E-state index contributed by atoms with van der Waals surface area (Å²) in [6, 6.07) is 12.5. The molecule has 0 aromatic heterocycles. The zero-order valence-electron chi connectivity index (χ0n) is 10.8. The van der Waals surface area contributed by atoms with Gasteiger partial charge in [-0.3, -0.25) is 0 Å². The molecular weight excluding hydrogens is 308 g/mol. The molecule has 2 heteroatoms. The Bertz CT molecular complexity index is 536. The minimum absolute atomic E-state index is 0.398. The van der Waals surface area contributed by atoms with Gasteiger partial charge in [0.1, 0.15) is 0 Å². The first-order valence-corrected chi connectivity index (χ1v) is 7.74. The lowest BCUT2D eigenvalue weighted by Crippen LogP contribution is -1.99. The maximum atomic E-state index is 6.25. The summed E-state index contributed by atoms with van der Waals surface area (Å²) in [5.74, 6) is 0.726. The largest absolute Gasteiger partial charge is 0.0838 e. The van der Waals surface area contributed by atoms with E-state index < -0.39 is 0 Å². The van der Waals surface area contributed by atoms with Crippen LogP contribution in [0.3, 0.4) is 0 Å². The first kappa shape index (κ1) is 13.9. The highest BCUT2D eigenvalue weighted by Gasteiger charge is 2.14. The minimum atomic E-state index is 0.398. The highest BCUT2D eigenvalue weighted by atomic mass is 79.9. The van der Waals surface area contributed by atoms with Crippen molar-refractivity contribution in [3.63, 3.8) is 0 Å². The van der Waals surface area contributed by atoms with Crippen molar-refractivity contribution < 1.29 is 0 Å². The van der Waals surface area contributed by atoms with E-state index in [1.54, 1.807) is 0 Å². The van der Waals surface area contributed by atoms with E-state index in [-0.39, 0.29) is 0 Å². The van der Waals surface area contributed by atoms with Crippen LogP contribution in [-0.4, -0.2) is 0 Å². The van der Waals surface area contributed by atoms with Crippen LogP contribution in [-0.2, 0) is 0 Å². The van der Waals surface area contributed by atoms with Crippen molar-refractivity contribution in [2.75, 3.05) is 0 Å². The van der Waals surface area contributed by atoms with E-state index in [0.717, 1.165) is 22.7 Å². The van der Waals surface area contributed by atoms with Crippen LogP contribution in [0, 0.1) is 5.92 Å². The Hall–Kier alpha value is -0.530. The summed E-state index contributed by atoms with van der Waals surface area (Å²) in [5, 5.41) is 3.23. The van der Waals surface area contributed by atoms with Crippen LogP contribution < -0.4 is 0 Å². The molecule has 2 atom stereocenters. The fraction of sp³-hybridized carbons (Fsp3) is 0.375. The Morgan fingerprint density at radius 2 is 1.78 bits per heavy atom. The van der Waals surface area contributed by atoms with Crippen molar-refractivity contribution in [3.8, 4) is 0 Å². The molecule has 0 fully saturated rings. The van der Waals surface area contributed by atoms with Crippen LogP contribution in [0.2, 0.25) is 5.02 Å². The van der Waals surface area contributed by atoms with Crippen molar-refractivity contribution in [1.29, 1.82) is 0 Å². The van der Waals surface area contributed by atoms with Gasteiger partial charge in [0.05, 0.1) is 0 Å². The predicted octanol–water partition coefficient (Wildman–Crippen LogP) is 6.37. The van der Waals surface area contributed by atoms with Crippen LogP contribution in [0.25, 0.3) is 10.8 Å². The van der Waals surface area contributed by atoms with E-state index in [0.29, 0.717) is 4.83 Å². The fourth-order valence-corrected chi connectivity index (χ4v) is 3.47. The lowest BCUT2D eigenvalue weighted by atomic mass is 9.95. The van der Waals surface area contributed by atoms with Gasteiger partial charge in [-0.25, -0.2) is 0 Å². The number of rotatable bonds is 4. The number of benzene rings is 2. The molecule has 0 spiro atoms. The average molecular weight is 326 g/mol. The smallest absolute Gasteiger partial charge is 0.0484 e. The Morgan fingerprint density at radius 3 is 2.44 bits per heavy atom. The zero-order chi connectivity index (χ0) is 13.1. The van der Waals surface area contributed by atoms with Crippen molar-refractivity contribution >= 4 is 38.3 Å². The summed E-state index contributed by atoms with van der Waals surface area (Å²) in [6.45, 7) is 4.54. The molecule has 2 aromatic rings. The van der Waals surface area contributed by atoms with Gasteiger partial charge >= 0.3 is 0 Å². The average Bonchev–Trinajstić information content (AvgIpc) is 2.39. The van der Waals surface area contributed by atoms with Crippen molar-refractivity contribution in [3.05, 3.63) is 47.0 Å². The van der Waals surface area contributed by atoms with Crippen LogP contribution in [0.1, 0.15) is 37.1 Å². The molecule has 0 amide bonds. The maximum absolute atomic E-state index is 6.25. The summed E-state index contributed by atoms with van der Waals surface area (Å²) in [7, 11) is 0. The molecule has 0 aliphatic rings. The SMILES string of the molecule is CCC(C)CC(Br)c1ccc(Cl)c2ccccc12. The highest BCUT2D eigenvalue weighted by Crippen LogP contribution is 2.37. The van der Waals surface area contributed by atoms with E-state index in [1.165, 1.54) is 17.4 Å². The van der Waals surface area contributed by atoms with Crippen molar-refractivity contribution in [1.82, 2.24) is 0 Å². The Balaban J connectivity index is 2.42. The molecule has 2 rings (SSSR count). The molecule has 0 bridgehead atoms. The summed E-state index contributed by atoms with van der Waals surface area (Å²) >= 11 is 10.1. The molecule has 2 aromatic carbocycles. The number of hydrogen-bond acceptors (Lipinski definition) is 0. The van der Waals surface area contributed by atoms with Gasteiger partial charge in [0.25, 0.3) is 0 Å². The predicted molar refractivity (Wildman–Crippen MR) is 84.7 cm³/mol. The molecular formula is C16H18BrCl. The minimum Gasteiger partial charge on any atom is -0.0838 e. The van der Waals surface area contributed by atoms with E-state index in [4.69, 9.17) is 11.6 Å². The van der Waals surface area contributed by atoms with Gasteiger partial charge in [-0.2, -0.15) is 0 Å². The van der Waals surface area contributed by atoms with Crippen LogP contribution in [0.15, 0.2) is 36.4 Å². The molecule has 0 radical (unpaired) electrons. The molecule has 0 heterocycles. The summed E-state index contributed by atoms with van der Waals surface area (Å²) in [6.07, 6.45) is 2.37. The van der Waals surface area contributed by atoms with E-state index in [9.17, 15) is 0 Å². The fourth-order valence-electron chi connectivity index (χ4n) is 2.21. The number of hydrogen-bond donors (Lipinski definition) is 0. The van der Waals surface area contributed by atoms with Gasteiger partial charge in [-0.15, -0.1) is 0 Å². The third-order valence-corrected chi connectivity index (χ3v) is 4.74. The molecule has 18 heavy (non-hydrogen) atoms. The quantitative estimate of drug-likeness (QED) is 0.573. The summed E-state index contributed by atoms with van der Waals surface area (Å²) in [5.41, 5.74) is 1.34. The molecule has 0 aliphatic heterocycles. The van der Waals surface area contributed by atoms with Crippen LogP contribution in [0.4, 0.5) is 0 Å². The van der Waals surface area contributed by atoms with E-state index >= 15 is 0 Å². The molecule has 0 nitrogen and oxygen atoms in total. The van der Waals surface area contributed by atoms with Crippen molar-refractivity contribution in [2.24, 2.45) is 5.92 Å². The molecule has 0 aliphatic carbocycles. The first-order chi connectivity index (χ1) is 8.63. The van der Waals surface area contributed by atoms with Gasteiger partial charge in [0, 0.05) is 15.2 Å². The van der Waals surface area contributed by atoms with E-state index in [1.807, 2.05) is 12.1 Å². The maximum Gasteiger partial charge on any atom is 0.0484 e. The van der Waals surface area contributed by atoms with Gasteiger partial charge in [0.15, 0.2) is 0 Å². The molecule has 0 saturated heterocycles. The number of halogens is 2. The second-order valence-corrected chi connectivity index (χ2v) is 6.41. The van der Waals surface area contributed by atoms with Crippen LogP contribution >= 0.6 is 27.5 Å². The molecule has 96 valence electrons. The summed E-state index contributed by atoms with van der Waals surface area (Å²) in [4.78, 5) is 0.398. The molecule has 0 saturated carbocycles. The Morgan fingerprint density at radius 1 is 1.11 bits per heavy atom. The number of fused-ring (bicyclic) bond motifs is 1. The second kappa shape index (κ2) is 6.08. The summed E-state index contributed by atoms with van der Waals surface area (Å²) < 4.78 is 0. The van der Waals surface area contributed by atoms with Gasteiger partial charge in [-0.1, -0.05) is 78.1 Å². The van der Waals surface area contributed by atoms with Gasteiger partial charge < -0.3 is 0 Å². The van der Waals surface area contributed by atoms with E-state index in [2.05, 4.69) is 54.0 Å². The highest BCUT2D eigenvalue weighted by molar-refractivity contribution is 9.09. The zero-order valence-corrected chi connectivity index (χ0v) is 13.1. The van der Waals surface area contributed by atoms with Crippen LogP contribution in [0.5, 0.6) is 0 Å². The second-order valence-electron chi connectivity index (χ2n) is 4.90. The lowest BCUT2D eigenvalue weighted by molar-refractivity contribution is 0.515. The normalized spacial score (nSPS) is 14.7. The number of alkyl halides is 1. The Kier molecular flexibility index (Phi) is 4.69. The first-order valence-electron chi connectivity index (χ1n) is 6.44. The third kappa shape index (κ3) is 2.89. The topological polar surface area (TPSA) is 0 Å². The van der Waals surface area contributed by atoms with Crippen molar-refractivity contribution in [2.45, 2.75) is 31.5 Å². The standard InChI is InChI=1S/C16H18BrCl/c1-3-11(2)10-15(17)13-8-9-16(18)14-7-5-4-6-12(13)14/h4-9,11,15H,3,10H2,1-2H3. The molecule has 2 unspecified atom stereocenters. The monoisotopic (exact) mass is 324 g/mol. The van der Waals surface area contributed by atoms with Gasteiger partial charge in [-0.05, 0) is 29.4 Å². The third-order valence-electron chi connectivity index (χ3n) is 3.55. The Labute approximate surface area is 122 Å².